The lowest BCUT2D eigenvalue weighted by atomic mass is 9.67. The van der Waals surface area contributed by atoms with Gasteiger partial charge < -0.3 is 9.64 Å². The molecule has 0 unspecified atom stereocenters. The average molecular weight is 341 g/mol. The van der Waals surface area contributed by atoms with Gasteiger partial charge in [0, 0.05) is 17.0 Å². The van der Waals surface area contributed by atoms with Crippen molar-refractivity contribution in [1.82, 2.24) is 4.90 Å². The average Bonchev–Trinajstić information content (AvgIpc) is 2.62. The van der Waals surface area contributed by atoms with E-state index in [1.54, 1.807) is 0 Å². The summed E-state index contributed by atoms with van der Waals surface area (Å²) in [6.07, 6.45) is 6.32. The predicted octanol–water partition coefficient (Wildman–Crippen LogP) is 4.23. The van der Waals surface area contributed by atoms with Crippen molar-refractivity contribution in [3.63, 3.8) is 0 Å². The quantitative estimate of drug-likeness (QED) is 0.770. The Labute approximate surface area is 149 Å². The summed E-state index contributed by atoms with van der Waals surface area (Å²) < 4.78 is 4.83. The number of hydrogen-bond acceptors (Lipinski definition) is 3. The molecular formula is C21H27NO3. The summed E-state index contributed by atoms with van der Waals surface area (Å²) in [6.45, 7) is 4.31. The van der Waals surface area contributed by atoms with Gasteiger partial charge in [0.05, 0.1) is 19.6 Å². The third kappa shape index (κ3) is 3.35. The van der Waals surface area contributed by atoms with E-state index in [0.717, 1.165) is 36.9 Å². The minimum Gasteiger partial charge on any atom is -0.469 e. The number of fused-ring (bicyclic) bond motifs is 1. The summed E-state index contributed by atoms with van der Waals surface area (Å²) in [5.41, 5.74) is 2.21. The zero-order valence-corrected chi connectivity index (χ0v) is 15.3. The molecular weight excluding hydrogens is 314 g/mol. The first-order valence-electron chi connectivity index (χ1n) is 9.12. The molecule has 0 saturated carbocycles. The van der Waals surface area contributed by atoms with Crippen LogP contribution in [-0.4, -0.2) is 23.9 Å². The molecule has 0 aromatic heterocycles. The summed E-state index contributed by atoms with van der Waals surface area (Å²) >= 11 is 0. The number of allylic oxidation sites excluding steroid dienone is 2. The molecule has 1 aliphatic carbocycles. The van der Waals surface area contributed by atoms with Gasteiger partial charge in [0.2, 0.25) is 5.91 Å². The minimum absolute atomic E-state index is 0.0437. The van der Waals surface area contributed by atoms with Crippen molar-refractivity contribution in [3.05, 3.63) is 47.7 Å². The van der Waals surface area contributed by atoms with E-state index in [-0.39, 0.29) is 35.7 Å². The number of carbonyl (C=O) groups excluding carboxylic acids is 2. The van der Waals surface area contributed by atoms with Crippen LogP contribution in [-0.2, 0) is 14.3 Å². The van der Waals surface area contributed by atoms with Crippen LogP contribution in [0.1, 0.15) is 57.6 Å². The normalized spacial score (nSPS) is 27.3. The molecule has 3 atom stereocenters. The van der Waals surface area contributed by atoms with E-state index in [4.69, 9.17) is 4.74 Å². The Morgan fingerprint density at radius 3 is 2.76 bits per heavy atom. The highest BCUT2D eigenvalue weighted by Gasteiger charge is 2.47. The largest absolute Gasteiger partial charge is 0.469 e. The molecule has 0 bridgehead atoms. The zero-order chi connectivity index (χ0) is 18.0. The second kappa shape index (κ2) is 7.03. The van der Waals surface area contributed by atoms with Crippen molar-refractivity contribution in [2.75, 3.05) is 7.11 Å². The van der Waals surface area contributed by atoms with Gasteiger partial charge >= 0.3 is 5.97 Å². The van der Waals surface area contributed by atoms with Crippen molar-refractivity contribution in [1.29, 1.82) is 0 Å². The fourth-order valence-corrected chi connectivity index (χ4v) is 4.37. The van der Waals surface area contributed by atoms with Gasteiger partial charge in [-0.1, -0.05) is 43.3 Å². The molecule has 0 spiro atoms. The lowest BCUT2D eigenvalue weighted by Gasteiger charge is -2.50. The first-order chi connectivity index (χ1) is 12.0. The van der Waals surface area contributed by atoms with Gasteiger partial charge in [-0.2, -0.15) is 0 Å². The Morgan fingerprint density at radius 2 is 2.08 bits per heavy atom. The highest BCUT2D eigenvalue weighted by Crippen LogP contribution is 2.51. The van der Waals surface area contributed by atoms with E-state index >= 15 is 0 Å². The van der Waals surface area contributed by atoms with Crippen LogP contribution in [0.4, 0.5) is 0 Å². The smallest absolute Gasteiger partial charge is 0.306 e. The molecule has 1 fully saturated rings. The Balaban J connectivity index is 1.98. The molecule has 1 saturated heterocycles. The third-order valence-corrected chi connectivity index (χ3v) is 5.74. The molecule has 4 nitrogen and oxygen atoms in total. The van der Waals surface area contributed by atoms with Crippen LogP contribution in [0.25, 0.3) is 0 Å². The van der Waals surface area contributed by atoms with E-state index in [0.29, 0.717) is 0 Å². The van der Waals surface area contributed by atoms with E-state index < -0.39 is 0 Å². The van der Waals surface area contributed by atoms with Crippen LogP contribution in [0.5, 0.6) is 0 Å². The van der Waals surface area contributed by atoms with Gasteiger partial charge in [0.25, 0.3) is 0 Å². The summed E-state index contributed by atoms with van der Waals surface area (Å²) in [4.78, 5) is 27.0. The Bertz CT molecular complexity index is 682. The number of likely N-dealkylation sites (tertiary alicyclic amines) is 1. The molecule has 1 amide bonds. The molecule has 0 N–H and O–H groups in total. The van der Waals surface area contributed by atoms with Crippen molar-refractivity contribution >= 4 is 11.9 Å². The summed E-state index contributed by atoms with van der Waals surface area (Å²) in [5.74, 6) is -0.566. The van der Waals surface area contributed by atoms with Gasteiger partial charge in [-0.3, -0.25) is 9.59 Å². The summed E-state index contributed by atoms with van der Waals surface area (Å²) in [7, 11) is 1.38. The van der Waals surface area contributed by atoms with Crippen LogP contribution < -0.4 is 0 Å². The van der Waals surface area contributed by atoms with Crippen LogP contribution in [0.3, 0.4) is 0 Å². The number of carbonyl (C=O) groups is 2. The maximum Gasteiger partial charge on any atom is 0.306 e. The maximum atomic E-state index is 13.3. The number of nitrogens with zero attached hydrogens (tertiary/aromatic N) is 1. The van der Waals surface area contributed by atoms with E-state index in [1.807, 2.05) is 23.1 Å². The topological polar surface area (TPSA) is 46.6 Å². The van der Waals surface area contributed by atoms with E-state index in [9.17, 15) is 9.59 Å². The summed E-state index contributed by atoms with van der Waals surface area (Å²) in [5, 5.41) is 0. The molecule has 1 aromatic rings. The maximum absolute atomic E-state index is 13.3. The zero-order valence-electron chi connectivity index (χ0n) is 15.3. The highest BCUT2D eigenvalue weighted by molar-refractivity contribution is 5.86. The van der Waals surface area contributed by atoms with Gasteiger partial charge in [0.15, 0.2) is 0 Å². The fraction of sp³-hybridized carbons (Fsp3) is 0.524. The van der Waals surface area contributed by atoms with Crippen LogP contribution in [0.2, 0.25) is 0 Å². The van der Waals surface area contributed by atoms with Crippen LogP contribution >= 0.6 is 0 Å². The van der Waals surface area contributed by atoms with E-state index in [2.05, 4.69) is 32.1 Å². The molecule has 4 heteroatoms. The van der Waals surface area contributed by atoms with Crippen molar-refractivity contribution in [2.24, 2.45) is 11.3 Å². The summed E-state index contributed by atoms with van der Waals surface area (Å²) in [6, 6.07) is 10.1. The van der Waals surface area contributed by atoms with Crippen LogP contribution in [0, 0.1) is 11.3 Å². The molecule has 3 rings (SSSR count). The number of esters is 1. The highest BCUT2D eigenvalue weighted by atomic mass is 16.5. The monoisotopic (exact) mass is 341 g/mol. The predicted molar refractivity (Wildman–Crippen MR) is 96.5 cm³/mol. The van der Waals surface area contributed by atoms with Crippen molar-refractivity contribution in [2.45, 2.75) is 52.0 Å². The SMILES string of the molecule is COC(=O)C[C@@H]1C[C@@]2(C)CCCC=C2N([C@@H](C)c2ccccc2)C1=O. The number of benzene rings is 1. The number of rotatable bonds is 4. The molecule has 134 valence electrons. The van der Waals surface area contributed by atoms with Crippen LogP contribution in [0.15, 0.2) is 42.1 Å². The number of methoxy groups -OCH3 is 1. The molecule has 25 heavy (non-hydrogen) atoms. The fourth-order valence-electron chi connectivity index (χ4n) is 4.37. The van der Waals surface area contributed by atoms with Gasteiger partial charge in [-0.15, -0.1) is 0 Å². The number of ether oxygens (including phenoxy) is 1. The Hall–Kier alpha value is -2.10. The lowest BCUT2D eigenvalue weighted by molar-refractivity contribution is -0.150. The standard InChI is InChI=1S/C21H27NO3/c1-15(16-9-5-4-6-10-16)22-18-11-7-8-12-21(18,2)14-17(20(22)24)13-19(23)25-3/h4-6,9-11,15,17H,7-8,12-14H2,1-3H3/t15-,17+,21+/m0/s1. The molecule has 1 heterocycles. The Morgan fingerprint density at radius 1 is 1.36 bits per heavy atom. The van der Waals surface area contributed by atoms with Gasteiger partial charge in [0.1, 0.15) is 0 Å². The third-order valence-electron chi connectivity index (χ3n) is 5.74. The second-order valence-electron chi connectivity index (χ2n) is 7.52. The van der Waals surface area contributed by atoms with Crippen molar-refractivity contribution in [3.8, 4) is 0 Å². The molecule has 2 aliphatic rings. The Kier molecular flexibility index (Phi) is 4.98. The lowest BCUT2D eigenvalue weighted by Crippen LogP contribution is -2.50. The molecule has 0 radical (unpaired) electrons. The van der Waals surface area contributed by atoms with Crippen molar-refractivity contribution < 1.29 is 14.3 Å². The number of amides is 1. The molecule has 1 aliphatic heterocycles. The number of hydrogen-bond donors (Lipinski definition) is 0. The first kappa shape index (κ1) is 17.7. The van der Waals surface area contributed by atoms with Gasteiger partial charge in [-0.05, 0) is 38.2 Å². The minimum atomic E-state index is -0.308. The van der Waals surface area contributed by atoms with E-state index in [1.165, 1.54) is 7.11 Å². The number of piperidine rings is 1. The first-order valence-corrected chi connectivity index (χ1v) is 9.12. The second-order valence-corrected chi connectivity index (χ2v) is 7.52. The van der Waals surface area contributed by atoms with Gasteiger partial charge in [-0.25, -0.2) is 0 Å². The molecule has 1 aromatic carbocycles.